The number of para-hydroxylation sites is 1. The summed E-state index contributed by atoms with van der Waals surface area (Å²) in [4.78, 5) is 4.02. The number of likely N-dealkylation sites (tertiary alicyclic amines) is 1. The second-order valence-electron chi connectivity index (χ2n) is 5.06. The maximum atomic E-state index is 5.93. The lowest BCUT2D eigenvalue weighted by Gasteiger charge is -2.30. The van der Waals surface area contributed by atoms with Crippen molar-refractivity contribution in [2.24, 2.45) is 0 Å². The van der Waals surface area contributed by atoms with Gasteiger partial charge in [0, 0.05) is 11.3 Å². The molecule has 4 nitrogen and oxygen atoms in total. The minimum atomic E-state index is 0.558. The molecule has 18 heavy (non-hydrogen) atoms. The second-order valence-corrected chi connectivity index (χ2v) is 5.06. The summed E-state index contributed by atoms with van der Waals surface area (Å²) in [5, 5.41) is 5.76. The lowest BCUT2D eigenvalue weighted by atomic mass is 9.92. The molecule has 0 atom stereocenters. The number of nitrogens with two attached hydrogens (primary N) is 1. The van der Waals surface area contributed by atoms with E-state index in [0.29, 0.717) is 5.92 Å². The van der Waals surface area contributed by atoms with Gasteiger partial charge in [0.1, 0.15) is 0 Å². The Balaban J connectivity index is 1.91. The van der Waals surface area contributed by atoms with Gasteiger partial charge >= 0.3 is 0 Å². The molecule has 0 aliphatic carbocycles. The van der Waals surface area contributed by atoms with E-state index in [4.69, 9.17) is 5.84 Å². The van der Waals surface area contributed by atoms with Crippen LogP contribution < -0.4 is 5.84 Å². The van der Waals surface area contributed by atoms with Crippen molar-refractivity contribution in [3.8, 4) is 0 Å². The Hall–Kier alpha value is -1.55. The summed E-state index contributed by atoms with van der Waals surface area (Å²) in [6.07, 6.45) is 2.38. The van der Waals surface area contributed by atoms with E-state index in [0.717, 1.165) is 12.1 Å². The molecule has 0 saturated carbocycles. The number of hydrogen-bond donors (Lipinski definition) is 1. The number of hydrogen-bond acceptors (Lipinski definition) is 3. The molecule has 96 valence electrons. The lowest BCUT2D eigenvalue weighted by Crippen LogP contribution is -2.32. The van der Waals surface area contributed by atoms with Gasteiger partial charge in [0.05, 0.1) is 11.2 Å². The van der Waals surface area contributed by atoms with E-state index in [9.17, 15) is 0 Å². The van der Waals surface area contributed by atoms with E-state index in [1.165, 1.54) is 41.8 Å². The predicted molar refractivity (Wildman–Crippen MR) is 74.0 cm³/mol. The van der Waals surface area contributed by atoms with Crippen LogP contribution in [-0.4, -0.2) is 34.4 Å². The molecule has 1 aromatic carbocycles. The summed E-state index contributed by atoms with van der Waals surface area (Å²) in [5.41, 5.74) is 2.22. The van der Waals surface area contributed by atoms with Gasteiger partial charge in [-0.15, -0.1) is 0 Å². The Bertz CT molecular complexity index is 538. The molecule has 0 radical (unpaired) electrons. The number of rotatable bonds is 2. The predicted octanol–water partition coefficient (Wildman–Crippen LogP) is 1.95. The normalized spacial score (nSPS) is 18.5. The molecular formula is C14H20N4. The van der Waals surface area contributed by atoms with Crippen LogP contribution in [0, 0.1) is 0 Å². The highest BCUT2D eigenvalue weighted by molar-refractivity contribution is 5.82. The molecule has 3 rings (SSSR count). The van der Waals surface area contributed by atoms with Gasteiger partial charge in [-0.3, -0.25) is 0 Å². The van der Waals surface area contributed by atoms with Crippen molar-refractivity contribution in [2.45, 2.75) is 25.7 Å². The summed E-state index contributed by atoms with van der Waals surface area (Å²) in [7, 11) is 0. The molecular weight excluding hydrogens is 224 g/mol. The number of fused-ring (bicyclic) bond motifs is 1. The van der Waals surface area contributed by atoms with Crippen LogP contribution >= 0.6 is 0 Å². The highest BCUT2D eigenvalue weighted by atomic mass is 15.5. The highest BCUT2D eigenvalue weighted by Gasteiger charge is 2.23. The van der Waals surface area contributed by atoms with Crippen molar-refractivity contribution in [3.05, 3.63) is 30.0 Å². The fourth-order valence-electron chi connectivity index (χ4n) is 2.94. The van der Waals surface area contributed by atoms with E-state index >= 15 is 0 Å². The minimum absolute atomic E-state index is 0.558. The van der Waals surface area contributed by atoms with Crippen molar-refractivity contribution < 1.29 is 0 Å². The smallest absolute Gasteiger partial charge is 0.0919 e. The summed E-state index contributed by atoms with van der Waals surface area (Å²) in [6.45, 7) is 5.73. The van der Waals surface area contributed by atoms with Crippen LogP contribution in [0.3, 0.4) is 0 Å². The first-order valence-electron chi connectivity index (χ1n) is 6.74. The van der Waals surface area contributed by atoms with Crippen molar-refractivity contribution in [3.63, 3.8) is 0 Å². The Kier molecular flexibility index (Phi) is 2.96. The van der Waals surface area contributed by atoms with Gasteiger partial charge in [0.25, 0.3) is 0 Å². The van der Waals surface area contributed by atoms with E-state index in [-0.39, 0.29) is 0 Å². The number of benzene rings is 1. The monoisotopic (exact) mass is 244 g/mol. The molecule has 1 fully saturated rings. The summed E-state index contributed by atoms with van der Waals surface area (Å²) < 4.78 is 0. The number of nitrogens with zero attached hydrogens (tertiary/aromatic N) is 3. The van der Waals surface area contributed by atoms with Crippen LogP contribution in [0.5, 0.6) is 0 Å². The van der Waals surface area contributed by atoms with Gasteiger partial charge in [-0.05, 0) is 38.5 Å². The van der Waals surface area contributed by atoms with Gasteiger partial charge in [-0.1, -0.05) is 25.1 Å². The van der Waals surface area contributed by atoms with Crippen molar-refractivity contribution in [2.75, 3.05) is 25.5 Å². The van der Waals surface area contributed by atoms with Crippen LogP contribution in [0.2, 0.25) is 0 Å². The zero-order chi connectivity index (χ0) is 12.5. The third kappa shape index (κ3) is 1.86. The fourth-order valence-corrected chi connectivity index (χ4v) is 2.94. The van der Waals surface area contributed by atoms with E-state index < -0.39 is 0 Å². The van der Waals surface area contributed by atoms with E-state index in [2.05, 4.69) is 29.1 Å². The Morgan fingerprint density at radius 2 is 2.00 bits per heavy atom. The lowest BCUT2D eigenvalue weighted by molar-refractivity contribution is 0.221. The molecule has 2 aromatic rings. The zero-order valence-corrected chi connectivity index (χ0v) is 10.8. The van der Waals surface area contributed by atoms with Crippen LogP contribution in [0.1, 0.15) is 31.4 Å². The van der Waals surface area contributed by atoms with Gasteiger partial charge < -0.3 is 10.7 Å². The van der Waals surface area contributed by atoms with Crippen molar-refractivity contribution >= 4 is 10.9 Å². The Morgan fingerprint density at radius 1 is 1.28 bits per heavy atom. The molecule has 2 heterocycles. The average Bonchev–Trinajstić information content (AvgIpc) is 2.77. The largest absolute Gasteiger partial charge is 0.323 e. The van der Waals surface area contributed by atoms with Gasteiger partial charge in [0.15, 0.2) is 0 Å². The standard InChI is InChI=1S/C14H20N4/c1-2-17-9-7-11(8-10-17)14-12-5-3-4-6-13(12)18(15)16-14/h3-6,11H,2,7-10,15H2,1H3. The molecule has 0 unspecified atom stereocenters. The molecule has 0 amide bonds. The number of aromatic nitrogens is 2. The fraction of sp³-hybridized carbons (Fsp3) is 0.500. The molecule has 4 heteroatoms. The molecule has 1 saturated heterocycles. The third-order valence-corrected chi connectivity index (χ3v) is 4.06. The molecule has 0 bridgehead atoms. The first-order valence-corrected chi connectivity index (χ1v) is 6.74. The van der Waals surface area contributed by atoms with Crippen molar-refractivity contribution in [1.29, 1.82) is 0 Å². The SMILES string of the molecule is CCN1CCC(c2nn(N)c3ccccc23)CC1. The molecule has 1 aliphatic heterocycles. The van der Waals surface area contributed by atoms with E-state index in [1.54, 1.807) is 0 Å². The summed E-state index contributed by atoms with van der Waals surface area (Å²) in [6, 6.07) is 8.24. The highest BCUT2D eigenvalue weighted by Crippen LogP contribution is 2.31. The maximum absolute atomic E-state index is 5.93. The van der Waals surface area contributed by atoms with E-state index in [1.807, 2.05) is 12.1 Å². The molecule has 1 aromatic heterocycles. The Morgan fingerprint density at radius 3 is 2.72 bits per heavy atom. The second kappa shape index (κ2) is 4.61. The number of nitrogen functional groups attached to an aromatic ring is 1. The maximum Gasteiger partial charge on any atom is 0.0919 e. The van der Waals surface area contributed by atoms with Crippen LogP contribution in [0.4, 0.5) is 0 Å². The minimum Gasteiger partial charge on any atom is -0.323 e. The molecule has 2 N–H and O–H groups in total. The quantitative estimate of drug-likeness (QED) is 0.821. The van der Waals surface area contributed by atoms with Crippen molar-refractivity contribution in [1.82, 2.24) is 14.8 Å². The third-order valence-electron chi connectivity index (χ3n) is 4.06. The van der Waals surface area contributed by atoms with Gasteiger partial charge in [-0.25, -0.2) is 0 Å². The molecule has 1 aliphatic rings. The Labute approximate surface area is 107 Å². The van der Waals surface area contributed by atoms with Gasteiger partial charge in [0.2, 0.25) is 0 Å². The number of piperidine rings is 1. The zero-order valence-electron chi connectivity index (χ0n) is 10.8. The summed E-state index contributed by atoms with van der Waals surface area (Å²) >= 11 is 0. The average molecular weight is 244 g/mol. The topological polar surface area (TPSA) is 47.1 Å². The first kappa shape index (κ1) is 11.5. The van der Waals surface area contributed by atoms with Crippen LogP contribution in [-0.2, 0) is 0 Å². The summed E-state index contributed by atoms with van der Waals surface area (Å²) in [5.74, 6) is 6.49. The first-order chi connectivity index (χ1) is 8.79. The van der Waals surface area contributed by atoms with Crippen LogP contribution in [0.25, 0.3) is 10.9 Å². The van der Waals surface area contributed by atoms with Crippen LogP contribution in [0.15, 0.2) is 24.3 Å². The molecule has 0 spiro atoms. The van der Waals surface area contributed by atoms with Gasteiger partial charge in [-0.2, -0.15) is 9.89 Å².